The lowest BCUT2D eigenvalue weighted by Crippen LogP contribution is -2.57. The summed E-state index contributed by atoms with van der Waals surface area (Å²) in [4.78, 5) is 14.8. The summed E-state index contributed by atoms with van der Waals surface area (Å²) in [5, 5.41) is 0. The number of hydrogen-bond acceptors (Lipinski definition) is 5. The molecule has 0 spiro atoms. The summed E-state index contributed by atoms with van der Waals surface area (Å²) in [5.41, 5.74) is 0.984. The summed E-state index contributed by atoms with van der Waals surface area (Å²) < 4.78 is 52.3. The Morgan fingerprint density at radius 2 is 1.54 bits per heavy atom. The summed E-state index contributed by atoms with van der Waals surface area (Å²) >= 11 is 0. The molecule has 0 aromatic heterocycles. The first-order valence-electron chi connectivity index (χ1n) is 9.43. The third-order valence-electron chi connectivity index (χ3n) is 5.37. The SMILES string of the molecule is Cc1ccc(S(=O)(=O)N2CCN(C(=O)[C@H]3CCCCN3S(C)(=O)=O)CC2)cc1. The van der Waals surface area contributed by atoms with E-state index >= 15 is 0 Å². The molecule has 10 heteroatoms. The molecule has 2 saturated heterocycles. The quantitative estimate of drug-likeness (QED) is 0.700. The number of sulfonamides is 2. The maximum atomic E-state index is 12.9. The van der Waals surface area contributed by atoms with E-state index in [4.69, 9.17) is 0 Å². The van der Waals surface area contributed by atoms with Gasteiger partial charge in [-0.1, -0.05) is 24.1 Å². The first-order chi connectivity index (χ1) is 13.1. The van der Waals surface area contributed by atoms with Crippen LogP contribution in [0.25, 0.3) is 0 Å². The van der Waals surface area contributed by atoms with Crippen LogP contribution in [-0.4, -0.2) is 81.3 Å². The molecule has 0 saturated carbocycles. The number of rotatable bonds is 4. The van der Waals surface area contributed by atoms with Crippen molar-refractivity contribution in [2.45, 2.75) is 37.1 Å². The van der Waals surface area contributed by atoms with Crippen molar-refractivity contribution in [2.75, 3.05) is 39.0 Å². The van der Waals surface area contributed by atoms with Crippen LogP contribution in [0.2, 0.25) is 0 Å². The zero-order valence-corrected chi connectivity index (χ0v) is 17.9. The lowest BCUT2D eigenvalue weighted by Gasteiger charge is -2.39. The van der Waals surface area contributed by atoms with Crippen molar-refractivity contribution in [3.05, 3.63) is 29.8 Å². The molecule has 156 valence electrons. The topological polar surface area (TPSA) is 95.1 Å². The van der Waals surface area contributed by atoms with Crippen LogP contribution in [0.1, 0.15) is 24.8 Å². The van der Waals surface area contributed by atoms with E-state index in [0.29, 0.717) is 13.0 Å². The second-order valence-electron chi connectivity index (χ2n) is 7.43. The monoisotopic (exact) mass is 429 g/mol. The molecule has 2 aliphatic heterocycles. The van der Waals surface area contributed by atoms with Crippen LogP contribution >= 0.6 is 0 Å². The fourth-order valence-electron chi connectivity index (χ4n) is 3.77. The van der Waals surface area contributed by atoms with Gasteiger partial charge in [0.1, 0.15) is 6.04 Å². The molecule has 0 bridgehead atoms. The molecule has 1 atom stereocenters. The maximum absolute atomic E-state index is 12.9. The number of nitrogens with zero attached hydrogens (tertiary/aromatic N) is 3. The lowest BCUT2D eigenvalue weighted by molar-refractivity contribution is -0.137. The van der Waals surface area contributed by atoms with E-state index in [1.807, 2.05) is 6.92 Å². The van der Waals surface area contributed by atoms with Gasteiger partial charge in [0.2, 0.25) is 26.0 Å². The van der Waals surface area contributed by atoms with Crippen LogP contribution in [0.4, 0.5) is 0 Å². The maximum Gasteiger partial charge on any atom is 0.243 e. The van der Waals surface area contributed by atoms with Crippen molar-refractivity contribution in [2.24, 2.45) is 0 Å². The number of carbonyl (C=O) groups excluding carboxylic acids is 1. The summed E-state index contributed by atoms with van der Waals surface area (Å²) in [7, 11) is -7.05. The normalized spacial score (nSPS) is 22.9. The molecule has 0 unspecified atom stereocenters. The minimum absolute atomic E-state index is 0.202. The third-order valence-corrected chi connectivity index (χ3v) is 8.58. The molecule has 1 amide bonds. The first-order valence-corrected chi connectivity index (χ1v) is 12.7. The van der Waals surface area contributed by atoms with E-state index in [0.717, 1.165) is 24.7 Å². The average molecular weight is 430 g/mol. The standard InChI is InChI=1S/C18H27N3O5S2/c1-15-6-8-16(9-7-15)28(25,26)20-13-11-19(12-14-20)18(22)17-5-3-4-10-21(17)27(2,23)24/h6-9,17H,3-5,10-14H2,1-2H3/t17-/m1/s1. The Morgan fingerprint density at radius 1 is 0.929 bits per heavy atom. The predicted octanol–water partition coefficient (Wildman–Crippen LogP) is 0.642. The Morgan fingerprint density at radius 3 is 2.11 bits per heavy atom. The number of aryl methyl sites for hydroxylation is 1. The number of hydrogen-bond donors (Lipinski definition) is 0. The summed E-state index contributed by atoms with van der Waals surface area (Å²) in [6.07, 6.45) is 3.20. The highest BCUT2D eigenvalue weighted by atomic mass is 32.2. The Hall–Kier alpha value is -1.49. The molecular weight excluding hydrogens is 402 g/mol. The molecule has 28 heavy (non-hydrogen) atoms. The van der Waals surface area contributed by atoms with Gasteiger partial charge >= 0.3 is 0 Å². The van der Waals surface area contributed by atoms with Gasteiger partial charge in [-0.05, 0) is 31.9 Å². The molecule has 2 fully saturated rings. The van der Waals surface area contributed by atoms with Gasteiger partial charge in [-0.2, -0.15) is 8.61 Å². The number of benzene rings is 1. The van der Waals surface area contributed by atoms with Crippen molar-refractivity contribution in [3.8, 4) is 0 Å². The molecule has 2 aliphatic rings. The molecule has 0 radical (unpaired) electrons. The van der Waals surface area contributed by atoms with Gasteiger partial charge in [0.05, 0.1) is 11.2 Å². The fourth-order valence-corrected chi connectivity index (χ4v) is 6.31. The second kappa shape index (κ2) is 8.10. The van der Waals surface area contributed by atoms with Crippen molar-refractivity contribution in [1.82, 2.24) is 13.5 Å². The molecule has 3 rings (SSSR count). The first kappa shape index (κ1) is 21.2. The smallest absolute Gasteiger partial charge is 0.243 e. The van der Waals surface area contributed by atoms with Gasteiger partial charge in [-0.15, -0.1) is 0 Å². The Balaban J connectivity index is 1.67. The van der Waals surface area contributed by atoms with Crippen LogP contribution in [0.5, 0.6) is 0 Å². The van der Waals surface area contributed by atoms with Gasteiger partial charge in [0.25, 0.3) is 0 Å². The second-order valence-corrected chi connectivity index (χ2v) is 11.3. The molecule has 1 aromatic rings. The Bertz CT molecular complexity index is 920. The number of piperidine rings is 1. The minimum Gasteiger partial charge on any atom is -0.339 e. The van der Waals surface area contributed by atoms with E-state index in [9.17, 15) is 21.6 Å². The van der Waals surface area contributed by atoms with Crippen LogP contribution in [0.15, 0.2) is 29.2 Å². The molecule has 2 heterocycles. The van der Waals surface area contributed by atoms with Crippen molar-refractivity contribution >= 4 is 26.0 Å². The number of amides is 1. The zero-order valence-electron chi connectivity index (χ0n) is 16.2. The Labute approximate surface area is 167 Å². The van der Waals surface area contributed by atoms with Gasteiger partial charge < -0.3 is 4.90 Å². The van der Waals surface area contributed by atoms with E-state index in [1.54, 1.807) is 29.2 Å². The van der Waals surface area contributed by atoms with Crippen LogP contribution in [0, 0.1) is 6.92 Å². The predicted molar refractivity (Wildman–Crippen MR) is 106 cm³/mol. The van der Waals surface area contributed by atoms with Gasteiger partial charge in [0, 0.05) is 32.7 Å². The van der Waals surface area contributed by atoms with Crippen molar-refractivity contribution in [1.29, 1.82) is 0 Å². The molecule has 0 N–H and O–H groups in total. The van der Waals surface area contributed by atoms with Crippen molar-refractivity contribution in [3.63, 3.8) is 0 Å². The summed E-state index contributed by atoms with van der Waals surface area (Å²) in [6, 6.07) is 6.02. The lowest BCUT2D eigenvalue weighted by atomic mass is 10.0. The van der Waals surface area contributed by atoms with Crippen molar-refractivity contribution < 1.29 is 21.6 Å². The summed E-state index contributed by atoms with van der Waals surface area (Å²) in [6.45, 7) is 3.18. The van der Waals surface area contributed by atoms with Crippen LogP contribution in [-0.2, 0) is 24.8 Å². The molecule has 1 aromatic carbocycles. The van der Waals surface area contributed by atoms with Gasteiger partial charge in [-0.25, -0.2) is 16.8 Å². The van der Waals surface area contributed by atoms with E-state index in [-0.39, 0.29) is 37.0 Å². The number of piperazine rings is 1. The van der Waals surface area contributed by atoms with E-state index in [1.165, 1.54) is 8.61 Å². The molecule has 0 aliphatic carbocycles. The largest absolute Gasteiger partial charge is 0.339 e. The highest BCUT2D eigenvalue weighted by molar-refractivity contribution is 7.89. The zero-order chi connectivity index (χ0) is 20.5. The van der Waals surface area contributed by atoms with Gasteiger partial charge in [-0.3, -0.25) is 4.79 Å². The van der Waals surface area contributed by atoms with E-state index in [2.05, 4.69) is 0 Å². The van der Waals surface area contributed by atoms with Crippen LogP contribution < -0.4 is 0 Å². The minimum atomic E-state index is -3.60. The summed E-state index contributed by atoms with van der Waals surface area (Å²) in [5.74, 6) is -0.225. The number of carbonyl (C=O) groups is 1. The Kier molecular flexibility index (Phi) is 6.14. The molecule has 8 nitrogen and oxygen atoms in total. The molecular formula is C18H27N3O5S2. The highest BCUT2D eigenvalue weighted by Crippen LogP contribution is 2.23. The average Bonchev–Trinajstić information content (AvgIpc) is 2.67. The van der Waals surface area contributed by atoms with Crippen LogP contribution in [0.3, 0.4) is 0 Å². The third kappa shape index (κ3) is 4.40. The highest BCUT2D eigenvalue weighted by Gasteiger charge is 2.38. The van der Waals surface area contributed by atoms with E-state index < -0.39 is 26.1 Å². The van der Waals surface area contributed by atoms with Gasteiger partial charge in [0.15, 0.2) is 0 Å². The fraction of sp³-hybridized carbons (Fsp3) is 0.611.